The molecule has 0 bridgehead atoms. The normalized spacial score (nSPS) is 19.9. The first-order valence-electron chi connectivity index (χ1n) is 12.4. The van der Waals surface area contributed by atoms with Crippen molar-refractivity contribution in [2.75, 3.05) is 10.2 Å². The Bertz CT molecular complexity index is 1720. The molecule has 3 heterocycles. The molecule has 2 aliphatic heterocycles. The summed E-state index contributed by atoms with van der Waals surface area (Å²) in [5.41, 5.74) is 2.81. The largest absolute Gasteiger partial charge is 0.325 e. The summed E-state index contributed by atoms with van der Waals surface area (Å²) < 4.78 is 1.40. The quantitative estimate of drug-likeness (QED) is 0.282. The highest BCUT2D eigenvalue weighted by Gasteiger charge is 2.56. The number of thiazole rings is 1. The minimum absolute atomic E-state index is 0.223. The molecule has 40 heavy (non-hydrogen) atoms. The Kier molecular flexibility index (Phi) is 7.08. The monoisotopic (exact) mass is 609 g/mol. The van der Waals surface area contributed by atoms with Gasteiger partial charge in [0.15, 0.2) is 0 Å². The van der Waals surface area contributed by atoms with Crippen molar-refractivity contribution in [1.82, 2.24) is 4.57 Å². The summed E-state index contributed by atoms with van der Waals surface area (Å²) in [4.78, 5) is 55.4. The first-order valence-corrected chi connectivity index (χ1v) is 14.8. The van der Waals surface area contributed by atoms with Crippen LogP contribution in [0.15, 0.2) is 82.6 Å². The summed E-state index contributed by atoms with van der Waals surface area (Å²) in [5.74, 6) is -2.39. The molecule has 0 aliphatic carbocycles. The van der Waals surface area contributed by atoms with Gasteiger partial charge in [-0.1, -0.05) is 70.6 Å². The second kappa shape index (κ2) is 10.6. The van der Waals surface area contributed by atoms with Crippen molar-refractivity contribution in [3.8, 4) is 0 Å². The number of thioether (sulfide) groups is 1. The molecule has 3 atom stereocenters. The van der Waals surface area contributed by atoms with Crippen LogP contribution in [0.5, 0.6) is 0 Å². The number of aromatic nitrogens is 1. The Morgan fingerprint density at radius 2 is 1.60 bits per heavy atom. The van der Waals surface area contributed by atoms with Crippen molar-refractivity contribution in [2.24, 2.45) is 5.92 Å². The number of imide groups is 1. The molecule has 3 amide bonds. The van der Waals surface area contributed by atoms with Crippen molar-refractivity contribution in [2.45, 2.75) is 29.7 Å². The Labute approximate surface area is 247 Å². The molecule has 2 aliphatic rings. The highest BCUT2D eigenvalue weighted by atomic mass is 35.5. The van der Waals surface area contributed by atoms with E-state index in [-0.39, 0.29) is 29.1 Å². The highest BCUT2D eigenvalue weighted by Crippen LogP contribution is 2.54. The zero-order chi connectivity index (χ0) is 28.1. The summed E-state index contributed by atoms with van der Waals surface area (Å²) in [7, 11) is 0. The van der Waals surface area contributed by atoms with Gasteiger partial charge in [-0.3, -0.25) is 23.7 Å². The Morgan fingerprint density at radius 3 is 2.27 bits per heavy atom. The Balaban J connectivity index is 1.41. The Hall–Kier alpha value is -3.37. The van der Waals surface area contributed by atoms with E-state index in [9.17, 15) is 19.2 Å². The number of hydrogen-bond acceptors (Lipinski definition) is 6. The number of aryl methyl sites for hydroxylation is 1. The van der Waals surface area contributed by atoms with Gasteiger partial charge in [0, 0.05) is 26.5 Å². The van der Waals surface area contributed by atoms with Gasteiger partial charge in [0.25, 0.3) is 0 Å². The molecular formula is C29H21Cl2N3O4S2. The third kappa shape index (κ3) is 4.77. The van der Waals surface area contributed by atoms with Gasteiger partial charge >= 0.3 is 4.87 Å². The minimum Gasteiger partial charge on any atom is -0.325 e. The van der Waals surface area contributed by atoms with Crippen LogP contribution in [-0.4, -0.2) is 27.5 Å². The molecule has 7 nitrogen and oxygen atoms in total. The number of benzene rings is 3. The zero-order valence-electron chi connectivity index (χ0n) is 21.0. The topological polar surface area (TPSA) is 88.5 Å². The molecule has 1 N–H and O–H groups in total. The van der Waals surface area contributed by atoms with E-state index in [1.807, 2.05) is 37.3 Å². The van der Waals surface area contributed by atoms with Gasteiger partial charge in [0.05, 0.1) is 16.6 Å². The first kappa shape index (κ1) is 26.8. The smallest absolute Gasteiger partial charge is 0.308 e. The molecule has 3 aromatic carbocycles. The second-order valence-corrected chi connectivity index (χ2v) is 12.6. The number of carbonyl (C=O) groups is 3. The standard InChI is InChI=1S/C29H21Cl2N3O4S2/c1-15-3-2-4-19(13-15)32-21(35)14-33-28-25(40-29(33)38)22(16-5-7-17(30)8-6-16)23-24(39-28)27(37)34(26(23)36)20-11-9-18(31)10-12-20/h2-13,22-24H,14H2,1H3,(H,32,35)/t22-,23?,24?/m1/s1. The van der Waals surface area contributed by atoms with Gasteiger partial charge in [-0.25, -0.2) is 4.90 Å². The summed E-state index contributed by atoms with van der Waals surface area (Å²) >= 11 is 14.4. The number of hydrogen-bond donors (Lipinski definition) is 1. The van der Waals surface area contributed by atoms with Crippen LogP contribution in [0.3, 0.4) is 0 Å². The first-order chi connectivity index (χ1) is 19.2. The number of nitrogens with zero attached hydrogens (tertiary/aromatic N) is 2. The molecule has 202 valence electrons. The summed E-state index contributed by atoms with van der Waals surface area (Å²) in [6.07, 6.45) is 0. The summed E-state index contributed by atoms with van der Waals surface area (Å²) in [5, 5.41) is 3.60. The molecule has 1 aromatic heterocycles. The molecule has 11 heteroatoms. The molecule has 0 radical (unpaired) electrons. The SMILES string of the molecule is Cc1cccc(NC(=O)Cn2c3c(sc2=O)[C@H](c2ccc(Cl)cc2)C2C(=O)N(c4ccc(Cl)cc4)C(=O)C2S3)c1. The fourth-order valence-corrected chi connectivity index (χ4v) is 8.22. The highest BCUT2D eigenvalue weighted by molar-refractivity contribution is 8.00. The van der Waals surface area contributed by atoms with Gasteiger partial charge in [-0.2, -0.15) is 0 Å². The van der Waals surface area contributed by atoms with E-state index in [0.29, 0.717) is 31.3 Å². The van der Waals surface area contributed by atoms with E-state index in [1.165, 1.54) is 21.2 Å². The third-order valence-electron chi connectivity index (χ3n) is 6.97. The third-order valence-corrected chi connectivity index (χ3v) is 10.1. The molecule has 0 saturated carbocycles. The number of amides is 3. The molecule has 1 saturated heterocycles. The molecule has 2 unspecified atom stereocenters. The number of halogens is 2. The van der Waals surface area contributed by atoms with Crippen LogP contribution in [0, 0.1) is 12.8 Å². The molecule has 6 rings (SSSR count). The van der Waals surface area contributed by atoms with E-state index in [2.05, 4.69) is 5.32 Å². The van der Waals surface area contributed by atoms with E-state index in [4.69, 9.17) is 23.2 Å². The molecule has 0 spiro atoms. The predicted octanol–water partition coefficient (Wildman–Crippen LogP) is 5.96. The van der Waals surface area contributed by atoms with E-state index in [1.54, 1.807) is 42.5 Å². The molecule has 1 fully saturated rings. The van der Waals surface area contributed by atoms with Crippen LogP contribution in [-0.2, 0) is 20.9 Å². The van der Waals surface area contributed by atoms with Gasteiger partial charge in [-0.05, 0) is 66.6 Å². The van der Waals surface area contributed by atoms with E-state index < -0.39 is 17.1 Å². The lowest BCUT2D eigenvalue weighted by atomic mass is 9.83. The van der Waals surface area contributed by atoms with Crippen molar-refractivity contribution in [3.63, 3.8) is 0 Å². The van der Waals surface area contributed by atoms with Crippen molar-refractivity contribution in [1.29, 1.82) is 0 Å². The maximum atomic E-state index is 13.9. The van der Waals surface area contributed by atoms with Crippen LogP contribution >= 0.6 is 46.3 Å². The number of carbonyl (C=O) groups excluding carboxylic acids is 3. The summed E-state index contributed by atoms with van der Waals surface area (Å²) in [6, 6.07) is 21.0. The maximum Gasteiger partial charge on any atom is 0.308 e. The van der Waals surface area contributed by atoms with Crippen LogP contribution in [0.1, 0.15) is 21.9 Å². The van der Waals surface area contributed by atoms with Gasteiger partial charge < -0.3 is 5.32 Å². The lowest BCUT2D eigenvalue weighted by molar-refractivity contribution is -0.122. The van der Waals surface area contributed by atoms with Crippen molar-refractivity contribution >= 4 is 75.4 Å². The summed E-state index contributed by atoms with van der Waals surface area (Å²) in [6.45, 7) is 1.70. The van der Waals surface area contributed by atoms with E-state index in [0.717, 1.165) is 22.5 Å². The average Bonchev–Trinajstić information content (AvgIpc) is 3.36. The average molecular weight is 611 g/mol. The minimum atomic E-state index is -0.781. The second-order valence-electron chi connectivity index (χ2n) is 9.62. The zero-order valence-corrected chi connectivity index (χ0v) is 24.1. The fraction of sp³-hybridized carbons (Fsp3) is 0.172. The molecular weight excluding hydrogens is 589 g/mol. The number of rotatable bonds is 5. The molecule has 4 aromatic rings. The van der Waals surface area contributed by atoms with Crippen LogP contribution in [0.4, 0.5) is 11.4 Å². The number of nitrogens with one attached hydrogen (secondary N) is 1. The van der Waals surface area contributed by atoms with Gasteiger partial charge in [0.1, 0.15) is 11.8 Å². The van der Waals surface area contributed by atoms with Crippen LogP contribution in [0.25, 0.3) is 0 Å². The Morgan fingerprint density at radius 1 is 0.925 bits per heavy atom. The lowest BCUT2D eigenvalue weighted by Gasteiger charge is -2.30. The van der Waals surface area contributed by atoms with Crippen molar-refractivity contribution < 1.29 is 14.4 Å². The van der Waals surface area contributed by atoms with Gasteiger partial charge in [-0.15, -0.1) is 0 Å². The van der Waals surface area contributed by atoms with Crippen LogP contribution in [0.2, 0.25) is 10.0 Å². The predicted molar refractivity (Wildman–Crippen MR) is 159 cm³/mol. The number of fused-ring (bicyclic) bond motifs is 2. The number of anilines is 2. The fourth-order valence-electron chi connectivity index (χ4n) is 5.20. The van der Waals surface area contributed by atoms with Crippen molar-refractivity contribution in [3.05, 3.63) is 109 Å². The lowest BCUT2D eigenvalue weighted by Crippen LogP contribution is -2.33. The van der Waals surface area contributed by atoms with Crippen LogP contribution < -0.4 is 15.1 Å². The maximum absolute atomic E-state index is 13.9. The van der Waals surface area contributed by atoms with E-state index >= 15 is 0 Å². The van der Waals surface area contributed by atoms with Gasteiger partial charge in [0.2, 0.25) is 17.7 Å².